The highest BCUT2D eigenvalue weighted by molar-refractivity contribution is 6.22. The molecule has 14 atom stereocenters. The Morgan fingerprint density at radius 1 is 0.946 bits per heavy atom. The summed E-state index contributed by atoms with van der Waals surface area (Å²) < 4.78 is 31.8. The molecule has 1 spiro atoms. The number of likely N-dealkylation sites (N-methyl/N-ethyl adjacent to an activating group) is 1. The van der Waals surface area contributed by atoms with Crippen LogP contribution in [0.4, 0.5) is 5.69 Å². The van der Waals surface area contributed by atoms with Gasteiger partial charge in [-0.2, -0.15) is 0 Å². The van der Waals surface area contributed by atoms with Gasteiger partial charge in [0.2, 0.25) is 11.8 Å². The van der Waals surface area contributed by atoms with Crippen molar-refractivity contribution in [3.63, 3.8) is 0 Å². The number of aliphatic hydroxyl groups is 2. The Balaban J connectivity index is 1.14. The van der Waals surface area contributed by atoms with Crippen molar-refractivity contribution in [1.82, 2.24) is 4.90 Å². The molecule has 7 fully saturated rings. The molecule has 2 amide bonds. The summed E-state index contributed by atoms with van der Waals surface area (Å²) in [6.07, 6.45) is -0.591. The largest absolute Gasteiger partial charge is 0.461 e. The first-order chi connectivity index (χ1) is 26.9. The predicted molar refractivity (Wildman–Crippen MR) is 199 cm³/mol. The van der Waals surface area contributed by atoms with Gasteiger partial charge in [-0.15, -0.1) is 0 Å². The maximum absolute atomic E-state index is 14.2. The normalized spacial score (nSPS) is 43.2. The molecule has 1 unspecified atom stereocenters. The van der Waals surface area contributed by atoms with Gasteiger partial charge in [0, 0.05) is 75.2 Å². The summed E-state index contributed by atoms with van der Waals surface area (Å²) in [5.74, 6) is -4.01. The standard InChI is InChI=1S/C43H52N2O11/c1-6-44-21-40(22-55-38(49)25-14-10-11-15-28(25)45-31(46)18-23(2)36(45)47)17-16-30(53-4)42-27-19-26-29(52-3)20-41(50,43(51,39(42)44)35(54-5)34(40)42)32(27)33(26)56-37(48)24-12-8-7-9-13-24/h7-15,23,26-27,29-30,32-35,39,50-51H,6,16-22H2,1-5H3/t23-,26+,27+,29-,30+,32+,33-,34+,35-,39?,40-,41+,42-,43+/m0/s1. The minimum absolute atomic E-state index is 0.0349. The Morgan fingerprint density at radius 3 is 2.34 bits per heavy atom. The molecule has 13 nitrogen and oxygen atoms in total. The monoisotopic (exact) mass is 772 g/mol. The van der Waals surface area contributed by atoms with Crippen molar-refractivity contribution in [2.45, 2.75) is 87.6 Å². The van der Waals surface area contributed by atoms with Gasteiger partial charge in [0.25, 0.3) is 0 Å². The Kier molecular flexibility index (Phi) is 8.89. The lowest BCUT2D eigenvalue weighted by Crippen LogP contribution is -2.82. The first-order valence-electron chi connectivity index (χ1n) is 20.0. The van der Waals surface area contributed by atoms with E-state index in [9.17, 15) is 29.4 Å². The maximum atomic E-state index is 14.2. The summed E-state index contributed by atoms with van der Waals surface area (Å²) in [7, 11) is 4.86. The number of para-hydroxylation sites is 1. The lowest BCUT2D eigenvalue weighted by Gasteiger charge is -2.70. The third-order valence-corrected chi connectivity index (χ3v) is 15.5. The molecule has 300 valence electrons. The summed E-state index contributed by atoms with van der Waals surface area (Å²) in [5, 5.41) is 27.2. The number of ether oxygens (including phenoxy) is 5. The number of imide groups is 1. The SMILES string of the molecule is CCN1C[C@]2(COC(=O)c3ccccc3N3C(=O)C[C@H](C)C3=O)CC[C@@H](OC)[C@]34C1[C@](O)([C@@H](OC)[C@H]23)[C@@]1(O)C[C@H](OC)[C@H]2C[C@@H]4[C@@H]1[C@H]2OC(=O)c1ccccc1. The molecule has 2 heterocycles. The van der Waals surface area contributed by atoms with E-state index in [0.717, 1.165) is 4.90 Å². The van der Waals surface area contributed by atoms with Gasteiger partial charge in [0.1, 0.15) is 17.3 Å². The van der Waals surface area contributed by atoms with Crippen molar-refractivity contribution >= 4 is 29.4 Å². The Bertz CT molecular complexity index is 1940. The summed E-state index contributed by atoms with van der Waals surface area (Å²) in [4.78, 5) is 57.3. The van der Waals surface area contributed by atoms with E-state index in [4.69, 9.17) is 23.7 Å². The van der Waals surface area contributed by atoms with Crippen LogP contribution in [0.2, 0.25) is 0 Å². The Labute approximate surface area is 326 Å². The zero-order valence-corrected chi connectivity index (χ0v) is 32.6. The van der Waals surface area contributed by atoms with Crippen molar-refractivity contribution < 1.29 is 53.1 Å². The molecule has 5 saturated carbocycles. The Hall–Kier alpha value is -3.72. The van der Waals surface area contributed by atoms with E-state index in [-0.39, 0.29) is 60.5 Å². The maximum Gasteiger partial charge on any atom is 0.340 e. The average molecular weight is 773 g/mol. The zero-order chi connectivity index (χ0) is 39.5. The van der Waals surface area contributed by atoms with Gasteiger partial charge in [-0.05, 0) is 56.0 Å². The fourth-order valence-corrected chi connectivity index (χ4v) is 13.8. The van der Waals surface area contributed by atoms with Crippen molar-refractivity contribution in [2.75, 3.05) is 45.9 Å². The molecule has 5 aliphatic carbocycles. The van der Waals surface area contributed by atoms with Crippen LogP contribution in [0.5, 0.6) is 0 Å². The molecule has 7 aliphatic rings. The van der Waals surface area contributed by atoms with Crippen LogP contribution in [0.1, 0.15) is 66.7 Å². The van der Waals surface area contributed by atoms with Gasteiger partial charge in [-0.1, -0.05) is 44.2 Å². The number of anilines is 1. The predicted octanol–water partition coefficient (Wildman–Crippen LogP) is 3.25. The molecule has 2 aromatic carbocycles. The lowest BCUT2D eigenvalue weighted by atomic mass is 9.42. The van der Waals surface area contributed by atoms with E-state index in [2.05, 4.69) is 4.90 Å². The molecular weight excluding hydrogens is 720 g/mol. The zero-order valence-electron chi connectivity index (χ0n) is 32.6. The van der Waals surface area contributed by atoms with Crippen molar-refractivity contribution in [2.24, 2.45) is 40.4 Å². The number of carbonyl (C=O) groups is 4. The van der Waals surface area contributed by atoms with Crippen LogP contribution >= 0.6 is 0 Å². The van der Waals surface area contributed by atoms with Gasteiger partial charge in [-0.3, -0.25) is 14.5 Å². The number of hydrogen-bond donors (Lipinski definition) is 2. The lowest BCUT2D eigenvalue weighted by molar-refractivity contribution is -0.318. The molecule has 2 aliphatic heterocycles. The number of esters is 2. The van der Waals surface area contributed by atoms with Crippen molar-refractivity contribution in [1.29, 1.82) is 0 Å². The molecule has 0 radical (unpaired) electrons. The molecule has 0 aromatic heterocycles. The van der Waals surface area contributed by atoms with Crippen LogP contribution in [0.15, 0.2) is 54.6 Å². The van der Waals surface area contributed by atoms with Crippen LogP contribution in [-0.2, 0) is 33.3 Å². The number of likely N-dealkylation sites (tertiary alicyclic amines) is 1. The number of benzene rings is 2. The van der Waals surface area contributed by atoms with E-state index < -0.39 is 76.1 Å². The van der Waals surface area contributed by atoms with E-state index in [0.29, 0.717) is 37.9 Å². The molecule has 9 rings (SSSR count). The number of hydrogen-bond acceptors (Lipinski definition) is 12. The van der Waals surface area contributed by atoms with E-state index in [1.807, 2.05) is 13.0 Å². The summed E-state index contributed by atoms with van der Waals surface area (Å²) >= 11 is 0. The number of rotatable bonds is 10. The van der Waals surface area contributed by atoms with Crippen molar-refractivity contribution in [3.05, 3.63) is 65.7 Å². The number of amides is 2. The van der Waals surface area contributed by atoms with Gasteiger partial charge >= 0.3 is 11.9 Å². The first-order valence-corrected chi connectivity index (χ1v) is 20.0. The van der Waals surface area contributed by atoms with Gasteiger partial charge in [-0.25, -0.2) is 14.5 Å². The van der Waals surface area contributed by atoms with Crippen LogP contribution < -0.4 is 4.90 Å². The smallest absolute Gasteiger partial charge is 0.340 e. The minimum Gasteiger partial charge on any atom is -0.461 e. The highest BCUT2D eigenvalue weighted by Crippen LogP contribution is 2.80. The second-order valence-corrected chi connectivity index (χ2v) is 17.5. The van der Waals surface area contributed by atoms with Gasteiger partial charge < -0.3 is 33.9 Å². The van der Waals surface area contributed by atoms with Crippen molar-refractivity contribution in [3.8, 4) is 0 Å². The van der Waals surface area contributed by atoms with Gasteiger partial charge in [0.05, 0.1) is 47.8 Å². The number of piperidine rings is 1. The highest BCUT2D eigenvalue weighted by Gasteiger charge is 2.92. The molecular formula is C43H52N2O11. The minimum atomic E-state index is -1.86. The Morgan fingerprint density at radius 2 is 1.68 bits per heavy atom. The molecule has 2 aromatic rings. The number of nitrogens with zero attached hydrogens (tertiary/aromatic N) is 2. The van der Waals surface area contributed by atoms with Crippen LogP contribution in [-0.4, -0.2) is 122 Å². The highest BCUT2D eigenvalue weighted by atomic mass is 16.6. The van der Waals surface area contributed by atoms with Crippen LogP contribution in [0, 0.1) is 40.4 Å². The number of methoxy groups -OCH3 is 3. The second kappa shape index (κ2) is 13.2. The quantitative estimate of drug-likeness (QED) is 0.269. The van der Waals surface area contributed by atoms with Gasteiger partial charge in [0.15, 0.2) is 0 Å². The fraction of sp³-hybridized carbons (Fsp3) is 0.628. The molecule has 13 heteroatoms. The molecule has 2 saturated heterocycles. The summed E-state index contributed by atoms with van der Waals surface area (Å²) in [6, 6.07) is 14.7. The first kappa shape index (κ1) is 37.8. The van der Waals surface area contributed by atoms with Crippen LogP contribution in [0.3, 0.4) is 0 Å². The summed E-state index contributed by atoms with van der Waals surface area (Å²) in [5.41, 5.74) is -4.50. The van der Waals surface area contributed by atoms with E-state index in [1.54, 1.807) is 76.8 Å². The topological polar surface area (TPSA) is 161 Å². The third-order valence-electron chi connectivity index (χ3n) is 15.5. The second-order valence-electron chi connectivity index (χ2n) is 17.5. The molecule has 7 bridgehead atoms. The fourth-order valence-electron chi connectivity index (χ4n) is 13.8. The summed E-state index contributed by atoms with van der Waals surface area (Å²) in [6.45, 7) is 4.69. The number of carbonyl (C=O) groups excluding carboxylic acids is 4. The molecule has 2 N–H and O–H groups in total. The van der Waals surface area contributed by atoms with Crippen LogP contribution in [0.25, 0.3) is 0 Å². The van der Waals surface area contributed by atoms with E-state index in [1.165, 1.54) is 0 Å². The average Bonchev–Trinajstić information content (AvgIpc) is 3.72. The third kappa shape index (κ3) is 4.64. The molecule has 56 heavy (non-hydrogen) atoms. The van der Waals surface area contributed by atoms with E-state index >= 15 is 0 Å². The number of fused-ring (bicyclic) bond motifs is 2.